The molecule has 2 aromatic rings. The summed E-state index contributed by atoms with van der Waals surface area (Å²) >= 11 is 0. The Bertz CT molecular complexity index is 1040. The van der Waals surface area contributed by atoms with Gasteiger partial charge in [-0.25, -0.2) is 0 Å². The zero-order valence-corrected chi connectivity index (χ0v) is 22.4. The van der Waals surface area contributed by atoms with Crippen molar-refractivity contribution in [2.75, 3.05) is 19.8 Å². The van der Waals surface area contributed by atoms with E-state index in [-0.39, 0.29) is 19.1 Å². The van der Waals surface area contributed by atoms with Gasteiger partial charge in [0.2, 0.25) is 12.1 Å². The van der Waals surface area contributed by atoms with Crippen LogP contribution >= 0.6 is 0 Å². The van der Waals surface area contributed by atoms with Gasteiger partial charge in [-0.1, -0.05) is 67.6 Å². The highest BCUT2D eigenvalue weighted by molar-refractivity contribution is 5.96. The molecule has 2 aliphatic heterocycles. The number of aliphatic hydroxyl groups excluding tert-OH is 1. The monoisotopic (exact) mass is 542 g/mol. The molecule has 0 spiro atoms. The highest BCUT2D eigenvalue weighted by atomic mass is 16.7. The van der Waals surface area contributed by atoms with E-state index in [4.69, 9.17) is 23.7 Å². The second-order valence-corrected chi connectivity index (χ2v) is 9.56. The first-order chi connectivity index (χ1) is 19.0. The Morgan fingerprint density at radius 1 is 0.821 bits per heavy atom. The fraction of sp³-hybridized carbons (Fsp3) is 0.517. The number of benzene rings is 2. The number of ether oxygens (including phenoxy) is 5. The van der Waals surface area contributed by atoms with E-state index in [1.54, 1.807) is 0 Å². The van der Waals surface area contributed by atoms with Crippen LogP contribution in [0.3, 0.4) is 0 Å². The van der Waals surface area contributed by atoms with Gasteiger partial charge >= 0.3 is 0 Å². The summed E-state index contributed by atoms with van der Waals surface area (Å²) in [6.45, 7) is 4.68. The number of aliphatic hydroxyl groups is 1. The number of piperazine rings is 1. The van der Waals surface area contributed by atoms with Crippen LogP contribution in [0.2, 0.25) is 0 Å². The second kappa shape index (κ2) is 14.5. The lowest BCUT2D eigenvalue weighted by atomic mass is 9.98. The van der Waals surface area contributed by atoms with Gasteiger partial charge in [0.05, 0.1) is 13.2 Å². The minimum atomic E-state index is -1.21. The van der Waals surface area contributed by atoms with Crippen molar-refractivity contribution in [2.45, 2.75) is 76.3 Å². The Balaban J connectivity index is 1.38. The molecule has 0 saturated carbocycles. The van der Waals surface area contributed by atoms with Crippen LogP contribution in [-0.4, -0.2) is 79.7 Å². The third-order valence-corrected chi connectivity index (χ3v) is 6.60. The van der Waals surface area contributed by atoms with Crippen LogP contribution in [0.5, 0.6) is 0 Å². The van der Waals surface area contributed by atoms with Crippen molar-refractivity contribution < 1.29 is 38.4 Å². The highest BCUT2D eigenvalue weighted by Crippen LogP contribution is 2.28. The number of hydrogen-bond donors (Lipinski definition) is 3. The quantitative estimate of drug-likeness (QED) is 0.349. The van der Waals surface area contributed by atoms with Crippen LogP contribution in [0, 0.1) is 0 Å². The Hall–Kier alpha value is -2.86. The normalized spacial score (nSPS) is 29.1. The van der Waals surface area contributed by atoms with Gasteiger partial charge in [0.1, 0.15) is 30.5 Å². The molecule has 39 heavy (non-hydrogen) atoms. The molecule has 2 amide bonds. The third kappa shape index (κ3) is 7.84. The minimum absolute atomic E-state index is 0.177. The van der Waals surface area contributed by atoms with Crippen molar-refractivity contribution in [2.24, 2.45) is 0 Å². The van der Waals surface area contributed by atoms with E-state index in [0.717, 1.165) is 17.5 Å². The predicted octanol–water partition coefficient (Wildman–Crippen LogP) is 1.69. The molecular weight excluding hydrogens is 504 g/mol. The number of nitrogens with one attached hydrogen (secondary N) is 2. The average molecular weight is 543 g/mol. The first-order valence-corrected chi connectivity index (χ1v) is 13.5. The van der Waals surface area contributed by atoms with Gasteiger partial charge in [-0.15, -0.1) is 0 Å². The van der Waals surface area contributed by atoms with Gasteiger partial charge in [0.15, 0.2) is 6.29 Å². The first-order valence-electron chi connectivity index (χ1n) is 13.5. The molecule has 7 atom stereocenters. The number of amides is 2. The summed E-state index contributed by atoms with van der Waals surface area (Å²) in [5.41, 5.74) is 1.90. The molecule has 3 N–H and O–H groups in total. The molecule has 2 fully saturated rings. The van der Waals surface area contributed by atoms with E-state index in [1.165, 1.54) is 0 Å². The smallest absolute Gasteiger partial charge is 0.270 e. The Morgan fingerprint density at radius 2 is 1.51 bits per heavy atom. The fourth-order valence-electron chi connectivity index (χ4n) is 4.62. The van der Waals surface area contributed by atoms with Crippen LogP contribution in [0.4, 0.5) is 0 Å². The van der Waals surface area contributed by atoms with Crippen LogP contribution < -0.4 is 10.6 Å². The van der Waals surface area contributed by atoms with E-state index in [2.05, 4.69) is 10.6 Å². The lowest BCUT2D eigenvalue weighted by Gasteiger charge is -2.44. The number of carbonyl (C=O) groups is 2. The molecule has 4 rings (SSSR count). The van der Waals surface area contributed by atoms with Crippen molar-refractivity contribution in [3.8, 4) is 0 Å². The standard InChI is InChI=1S/C29H38N2O8/c1-3-15-36-24-23(32)22(39-29(35-4-2)25(24)37-17-20-13-9-6-10-14-20)18-38-28-27(34)30-21(26(33)31-28)16-19-11-7-5-8-12-19/h5-14,21-25,28-29,32H,3-4,15-18H2,1-2H3,(H,30,34)(H,31,33)/t21-,22+,23+,24-,25+,28-,29?/m0/s1. The summed E-state index contributed by atoms with van der Waals surface area (Å²) in [5.74, 6) is -0.815. The van der Waals surface area contributed by atoms with Crippen LogP contribution in [0.1, 0.15) is 31.4 Å². The van der Waals surface area contributed by atoms with Gasteiger partial charge < -0.3 is 39.4 Å². The molecule has 212 valence electrons. The summed E-state index contributed by atoms with van der Waals surface area (Å²) in [6, 6.07) is 18.4. The predicted molar refractivity (Wildman–Crippen MR) is 141 cm³/mol. The lowest BCUT2D eigenvalue weighted by Crippen LogP contribution is -2.64. The highest BCUT2D eigenvalue weighted by Gasteiger charge is 2.48. The maximum atomic E-state index is 12.7. The molecule has 0 radical (unpaired) electrons. The number of rotatable bonds is 13. The summed E-state index contributed by atoms with van der Waals surface area (Å²) < 4.78 is 29.8. The molecule has 0 aromatic heterocycles. The van der Waals surface area contributed by atoms with Crippen molar-refractivity contribution >= 4 is 11.8 Å². The molecule has 2 heterocycles. The summed E-state index contributed by atoms with van der Waals surface area (Å²) in [7, 11) is 0. The minimum Gasteiger partial charge on any atom is -0.387 e. The first kappa shape index (κ1) is 29.1. The number of carbonyl (C=O) groups excluding carboxylic acids is 2. The lowest BCUT2D eigenvalue weighted by molar-refractivity contribution is -0.319. The third-order valence-electron chi connectivity index (χ3n) is 6.60. The SMILES string of the molecule is CCCO[C@H]1[C@H](O)[C@@H](CO[C@@H]2NC(=O)[C@H](Cc3ccccc3)NC2=O)OC(OCC)[C@@H]1OCc1ccccc1. The molecule has 10 nitrogen and oxygen atoms in total. The maximum absolute atomic E-state index is 12.7. The van der Waals surface area contributed by atoms with Crippen molar-refractivity contribution in [3.63, 3.8) is 0 Å². The van der Waals surface area contributed by atoms with E-state index in [1.807, 2.05) is 74.5 Å². The molecule has 0 bridgehead atoms. The van der Waals surface area contributed by atoms with Crippen LogP contribution in [-0.2, 0) is 46.3 Å². The summed E-state index contributed by atoms with van der Waals surface area (Å²) in [5, 5.41) is 16.6. The Morgan fingerprint density at radius 3 is 2.18 bits per heavy atom. The van der Waals surface area contributed by atoms with E-state index in [9.17, 15) is 14.7 Å². The average Bonchev–Trinajstić information content (AvgIpc) is 2.95. The van der Waals surface area contributed by atoms with Gasteiger partial charge in [-0.05, 0) is 24.5 Å². The van der Waals surface area contributed by atoms with E-state index < -0.39 is 48.9 Å². The van der Waals surface area contributed by atoms with Gasteiger partial charge in [0, 0.05) is 19.6 Å². The van der Waals surface area contributed by atoms with Crippen LogP contribution in [0.15, 0.2) is 60.7 Å². The molecule has 10 heteroatoms. The van der Waals surface area contributed by atoms with E-state index in [0.29, 0.717) is 19.6 Å². The maximum Gasteiger partial charge on any atom is 0.270 e. The summed E-state index contributed by atoms with van der Waals surface area (Å²) in [4.78, 5) is 25.4. The molecule has 1 unspecified atom stereocenters. The molecule has 0 aliphatic carbocycles. The van der Waals surface area contributed by atoms with E-state index >= 15 is 0 Å². The molecule has 2 aliphatic rings. The molecule has 2 aromatic carbocycles. The van der Waals surface area contributed by atoms with Gasteiger partial charge in [-0.3, -0.25) is 9.59 Å². The molecule has 2 saturated heterocycles. The number of hydrogen-bond acceptors (Lipinski definition) is 8. The van der Waals surface area contributed by atoms with Crippen molar-refractivity contribution in [3.05, 3.63) is 71.8 Å². The topological polar surface area (TPSA) is 125 Å². The van der Waals surface area contributed by atoms with Crippen molar-refractivity contribution in [1.29, 1.82) is 0 Å². The van der Waals surface area contributed by atoms with Gasteiger partial charge in [0.25, 0.3) is 5.91 Å². The Labute approximate surface area is 228 Å². The van der Waals surface area contributed by atoms with Crippen LogP contribution in [0.25, 0.3) is 0 Å². The zero-order valence-electron chi connectivity index (χ0n) is 22.4. The van der Waals surface area contributed by atoms with Crippen molar-refractivity contribution in [1.82, 2.24) is 10.6 Å². The largest absolute Gasteiger partial charge is 0.387 e. The zero-order chi connectivity index (χ0) is 27.6. The van der Waals surface area contributed by atoms with Gasteiger partial charge in [-0.2, -0.15) is 0 Å². The second-order valence-electron chi connectivity index (χ2n) is 9.56. The Kier molecular flexibility index (Phi) is 10.8. The summed E-state index contributed by atoms with van der Waals surface area (Å²) in [6.07, 6.45) is -4.39. The fourth-order valence-corrected chi connectivity index (χ4v) is 4.62. The molecular formula is C29H38N2O8.